The lowest BCUT2D eigenvalue weighted by Gasteiger charge is -2.08. The quantitative estimate of drug-likeness (QED) is 0.626. The molecule has 0 aliphatic heterocycles. The Bertz CT molecular complexity index is 286. The van der Waals surface area contributed by atoms with Crippen LogP contribution in [-0.2, 0) is 6.54 Å². The first kappa shape index (κ1) is 11.1. The largest absolute Gasteiger partial charge is 0.297 e. The van der Waals surface area contributed by atoms with E-state index in [1.807, 2.05) is 19.1 Å². The average Bonchev–Trinajstić information content (AvgIpc) is 2.07. The molecule has 1 unspecified atom stereocenters. The second-order valence-corrected chi connectivity index (χ2v) is 4.15. The molecule has 72 valence electrons. The maximum Gasteiger partial charge on any atom is 0.0799 e. The minimum absolute atomic E-state index is 0.0740. The molecule has 1 nitrogen and oxygen atoms in total. The molecule has 0 radical (unpaired) electrons. The molecule has 1 atom stereocenters. The van der Waals surface area contributed by atoms with Gasteiger partial charge in [-0.25, -0.2) is 0 Å². The Hall–Kier alpha value is 0.0500. The summed E-state index contributed by atoms with van der Waals surface area (Å²) in [5.74, 6) is 0. The van der Waals surface area contributed by atoms with Crippen LogP contribution in [0.1, 0.15) is 12.5 Å². The Labute approximate surface area is 93.0 Å². The van der Waals surface area contributed by atoms with E-state index in [1.54, 1.807) is 6.07 Å². The van der Waals surface area contributed by atoms with Gasteiger partial charge in [0.15, 0.2) is 0 Å². The van der Waals surface area contributed by atoms with Crippen LogP contribution in [0, 0.1) is 0 Å². The van der Waals surface area contributed by atoms with Crippen LogP contribution in [0.4, 0.5) is 0 Å². The summed E-state index contributed by atoms with van der Waals surface area (Å²) in [4.78, 5) is 0. The van der Waals surface area contributed by atoms with Crippen molar-refractivity contribution in [3.05, 3.63) is 33.8 Å². The van der Waals surface area contributed by atoms with E-state index in [0.717, 1.165) is 5.56 Å². The van der Waals surface area contributed by atoms with Gasteiger partial charge < -0.3 is 0 Å². The molecule has 0 heterocycles. The number of benzene rings is 1. The first-order valence-electron chi connectivity index (χ1n) is 3.91. The van der Waals surface area contributed by atoms with Gasteiger partial charge in [-0.2, -0.15) is 0 Å². The number of rotatable bonds is 3. The van der Waals surface area contributed by atoms with Gasteiger partial charge in [-0.1, -0.05) is 35.3 Å². The van der Waals surface area contributed by atoms with Crippen molar-refractivity contribution in [2.45, 2.75) is 19.0 Å². The van der Waals surface area contributed by atoms with Crippen LogP contribution in [0.25, 0.3) is 0 Å². The zero-order valence-corrected chi connectivity index (χ0v) is 9.42. The van der Waals surface area contributed by atoms with Gasteiger partial charge in [0.25, 0.3) is 0 Å². The van der Waals surface area contributed by atoms with Crippen LogP contribution in [0.5, 0.6) is 0 Å². The second-order valence-electron chi connectivity index (χ2n) is 2.71. The molecule has 1 aromatic carbocycles. The average molecular weight is 239 g/mol. The molecule has 13 heavy (non-hydrogen) atoms. The summed E-state index contributed by atoms with van der Waals surface area (Å²) < 4.78 is 0. The lowest BCUT2D eigenvalue weighted by atomic mass is 10.2. The standard InChI is InChI=1S/C9H10Cl3N/c1-6(10)13-5-7-3-2-4-8(11)9(7)12/h2-4,6,13H,5H2,1H3. The SMILES string of the molecule is CC(Cl)NCc1cccc(Cl)c1Cl. The maximum atomic E-state index is 5.96. The predicted molar refractivity (Wildman–Crippen MR) is 58.6 cm³/mol. The molecule has 1 aromatic rings. The molecular formula is C9H10Cl3N. The minimum Gasteiger partial charge on any atom is -0.297 e. The van der Waals surface area contributed by atoms with Crippen molar-refractivity contribution < 1.29 is 0 Å². The molecule has 0 aromatic heterocycles. The monoisotopic (exact) mass is 237 g/mol. The van der Waals surface area contributed by atoms with Crippen molar-refractivity contribution in [1.29, 1.82) is 0 Å². The number of alkyl halides is 1. The smallest absolute Gasteiger partial charge is 0.0799 e. The molecule has 0 aliphatic carbocycles. The highest BCUT2D eigenvalue weighted by Crippen LogP contribution is 2.25. The van der Waals surface area contributed by atoms with Crippen LogP contribution in [-0.4, -0.2) is 5.50 Å². The predicted octanol–water partition coefficient (Wildman–Crippen LogP) is 3.67. The van der Waals surface area contributed by atoms with Crippen LogP contribution < -0.4 is 5.32 Å². The van der Waals surface area contributed by atoms with E-state index in [2.05, 4.69) is 5.32 Å². The van der Waals surface area contributed by atoms with Crippen molar-refractivity contribution in [2.24, 2.45) is 0 Å². The summed E-state index contributed by atoms with van der Waals surface area (Å²) in [6, 6.07) is 5.54. The van der Waals surface area contributed by atoms with E-state index in [4.69, 9.17) is 34.8 Å². The molecule has 0 fully saturated rings. The molecule has 0 amide bonds. The molecule has 0 saturated carbocycles. The fourth-order valence-electron chi connectivity index (χ4n) is 0.936. The number of halogens is 3. The number of nitrogens with one attached hydrogen (secondary N) is 1. The third kappa shape index (κ3) is 3.35. The summed E-state index contributed by atoms with van der Waals surface area (Å²) in [6.45, 7) is 2.49. The van der Waals surface area contributed by atoms with Crippen molar-refractivity contribution >= 4 is 34.8 Å². The summed E-state index contributed by atoms with van der Waals surface area (Å²) in [7, 11) is 0. The zero-order chi connectivity index (χ0) is 9.84. The second kappa shape index (κ2) is 5.06. The minimum atomic E-state index is -0.0740. The summed E-state index contributed by atoms with van der Waals surface area (Å²) >= 11 is 17.5. The van der Waals surface area contributed by atoms with Gasteiger partial charge in [0.05, 0.1) is 15.5 Å². The Morgan fingerprint density at radius 1 is 1.38 bits per heavy atom. The fourth-order valence-corrected chi connectivity index (χ4v) is 1.40. The molecule has 0 spiro atoms. The van der Waals surface area contributed by atoms with Crippen LogP contribution >= 0.6 is 34.8 Å². The highest BCUT2D eigenvalue weighted by Gasteiger charge is 2.04. The maximum absolute atomic E-state index is 5.96. The normalized spacial score (nSPS) is 12.9. The zero-order valence-electron chi connectivity index (χ0n) is 7.15. The van der Waals surface area contributed by atoms with Crippen LogP contribution in [0.15, 0.2) is 18.2 Å². The third-order valence-electron chi connectivity index (χ3n) is 1.61. The molecule has 0 aliphatic rings. The first-order chi connectivity index (χ1) is 6.11. The van der Waals surface area contributed by atoms with Gasteiger partial charge in [0.1, 0.15) is 0 Å². The Morgan fingerprint density at radius 3 is 2.69 bits per heavy atom. The first-order valence-corrected chi connectivity index (χ1v) is 5.11. The van der Waals surface area contributed by atoms with Crippen molar-refractivity contribution in [2.75, 3.05) is 0 Å². The third-order valence-corrected chi connectivity index (χ3v) is 2.62. The molecule has 4 heteroatoms. The molecule has 1 N–H and O–H groups in total. The van der Waals surface area contributed by atoms with Crippen LogP contribution in [0.3, 0.4) is 0 Å². The highest BCUT2D eigenvalue weighted by atomic mass is 35.5. The van der Waals surface area contributed by atoms with E-state index in [1.165, 1.54) is 0 Å². The lowest BCUT2D eigenvalue weighted by Crippen LogP contribution is -2.19. The van der Waals surface area contributed by atoms with Gasteiger partial charge in [-0.15, -0.1) is 11.6 Å². The summed E-state index contributed by atoms with van der Waals surface area (Å²) in [5.41, 5.74) is 0.886. The summed E-state index contributed by atoms with van der Waals surface area (Å²) in [6.07, 6.45) is 0. The van der Waals surface area contributed by atoms with Gasteiger partial charge >= 0.3 is 0 Å². The van der Waals surface area contributed by atoms with Gasteiger partial charge in [-0.05, 0) is 18.6 Å². The summed E-state index contributed by atoms with van der Waals surface area (Å²) in [5, 5.41) is 4.22. The van der Waals surface area contributed by atoms with E-state index >= 15 is 0 Å². The van der Waals surface area contributed by atoms with E-state index in [9.17, 15) is 0 Å². The van der Waals surface area contributed by atoms with E-state index in [0.29, 0.717) is 16.6 Å². The Balaban J connectivity index is 2.71. The lowest BCUT2D eigenvalue weighted by molar-refractivity contribution is 0.680. The van der Waals surface area contributed by atoms with Gasteiger partial charge in [0, 0.05) is 6.54 Å². The van der Waals surface area contributed by atoms with Gasteiger partial charge in [-0.3, -0.25) is 5.32 Å². The van der Waals surface area contributed by atoms with Crippen molar-refractivity contribution in [3.63, 3.8) is 0 Å². The van der Waals surface area contributed by atoms with Crippen molar-refractivity contribution in [1.82, 2.24) is 5.32 Å². The molecule has 0 bridgehead atoms. The highest BCUT2D eigenvalue weighted by molar-refractivity contribution is 6.42. The number of hydrogen-bond donors (Lipinski definition) is 1. The van der Waals surface area contributed by atoms with E-state index < -0.39 is 0 Å². The van der Waals surface area contributed by atoms with E-state index in [-0.39, 0.29) is 5.50 Å². The Morgan fingerprint density at radius 2 is 2.08 bits per heavy atom. The topological polar surface area (TPSA) is 12.0 Å². The van der Waals surface area contributed by atoms with Crippen LogP contribution in [0.2, 0.25) is 10.0 Å². The molecular weight excluding hydrogens is 228 g/mol. The molecule has 1 rings (SSSR count). The number of hydrogen-bond acceptors (Lipinski definition) is 1. The van der Waals surface area contributed by atoms with Crippen molar-refractivity contribution in [3.8, 4) is 0 Å². The van der Waals surface area contributed by atoms with Gasteiger partial charge in [0.2, 0.25) is 0 Å². The fraction of sp³-hybridized carbons (Fsp3) is 0.333. The Kier molecular flexibility index (Phi) is 4.33. The molecule has 0 saturated heterocycles.